The van der Waals surface area contributed by atoms with Crippen molar-refractivity contribution >= 4 is 11.5 Å². The summed E-state index contributed by atoms with van der Waals surface area (Å²) in [5.74, 6) is -0.223. The summed E-state index contributed by atoms with van der Waals surface area (Å²) in [6.45, 7) is 0. The molecule has 1 aliphatic rings. The molecule has 0 spiro atoms. The molecule has 3 heteroatoms. The van der Waals surface area contributed by atoms with Crippen LogP contribution in [-0.2, 0) is 4.79 Å². The number of hydrogen-bond acceptors (Lipinski definition) is 2. The van der Waals surface area contributed by atoms with Crippen molar-refractivity contribution in [3.63, 3.8) is 0 Å². The molecule has 1 atom stereocenters. The van der Waals surface area contributed by atoms with E-state index in [9.17, 15) is 9.18 Å². The zero-order valence-electron chi connectivity index (χ0n) is 9.21. The molecule has 0 saturated heterocycles. The number of halogens is 1. The zero-order valence-corrected chi connectivity index (χ0v) is 9.21. The molecular weight excluding hydrogens is 205 g/mol. The minimum Gasteiger partial charge on any atom is -0.396 e. The Kier molecular flexibility index (Phi) is 3.22. The van der Waals surface area contributed by atoms with E-state index in [0.717, 1.165) is 31.2 Å². The number of benzene rings is 1. The van der Waals surface area contributed by atoms with E-state index in [-0.39, 0.29) is 17.4 Å². The zero-order chi connectivity index (χ0) is 11.5. The van der Waals surface area contributed by atoms with Crippen LogP contribution in [0.5, 0.6) is 0 Å². The molecule has 1 aromatic carbocycles. The van der Waals surface area contributed by atoms with E-state index in [1.165, 1.54) is 6.07 Å². The molecule has 1 aliphatic carbocycles. The molecule has 2 nitrogen and oxygen atoms in total. The summed E-state index contributed by atoms with van der Waals surface area (Å²) in [5, 5.41) is 0. The van der Waals surface area contributed by atoms with E-state index >= 15 is 0 Å². The average Bonchev–Trinajstić information content (AvgIpc) is 2.47. The molecule has 0 aliphatic heterocycles. The number of carbonyl (C=O) groups is 1. The fourth-order valence-corrected chi connectivity index (χ4v) is 2.29. The number of anilines is 1. The fourth-order valence-electron chi connectivity index (χ4n) is 2.29. The van der Waals surface area contributed by atoms with Crippen LogP contribution in [0.2, 0.25) is 0 Å². The van der Waals surface area contributed by atoms with Crippen molar-refractivity contribution in [3.8, 4) is 0 Å². The van der Waals surface area contributed by atoms with Gasteiger partial charge in [-0.3, -0.25) is 4.79 Å². The summed E-state index contributed by atoms with van der Waals surface area (Å²) < 4.78 is 13.0. The third-order valence-electron chi connectivity index (χ3n) is 3.23. The van der Waals surface area contributed by atoms with Crippen LogP contribution >= 0.6 is 0 Å². The van der Waals surface area contributed by atoms with Crippen molar-refractivity contribution in [2.45, 2.75) is 38.0 Å². The first-order valence-electron chi connectivity index (χ1n) is 5.76. The van der Waals surface area contributed by atoms with Crippen LogP contribution in [0.25, 0.3) is 0 Å². The molecule has 2 N–H and O–H groups in total. The highest BCUT2D eigenvalue weighted by Crippen LogP contribution is 2.30. The molecule has 86 valence electrons. The third-order valence-corrected chi connectivity index (χ3v) is 3.23. The Labute approximate surface area is 94.6 Å². The normalized spacial score (nSPS) is 21.8. The standard InChI is InChI=1S/C13H16FNO/c14-11-7-6-9(8-12(11)15)10-4-2-1-3-5-13(10)16/h6-8,10H,1-5,15H2. The molecule has 1 saturated carbocycles. The second-order valence-corrected chi connectivity index (χ2v) is 4.40. The van der Waals surface area contributed by atoms with Crippen molar-refractivity contribution in [3.05, 3.63) is 29.6 Å². The maximum Gasteiger partial charge on any atom is 0.146 e. The topological polar surface area (TPSA) is 43.1 Å². The predicted octanol–water partition coefficient (Wildman–Crippen LogP) is 3.02. The van der Waals surface area contributed by atoms with Gasteiger partial charge >= 0.3 is 0 Å². The summed E-state index contributed by atoms with van der Waals surface area (Å²) in [4.78, 5) is 11.9. The molecule has 0 bridgehead atoms. The Bertz CT molecular complexity index is 403. The molecule has 1 aromatic rings. The van der Waals surface area contributed by atoms with Crippen molar-refractivity contribution in [2.75, 3.05) is 5.73 Å². The highest BCUT2D eigenvalue weighted by molar-refractivity contribution is 5.86. The molecule has 2 rings (SSSR count). The lowest BCUT2D eigenvalue weighted by molar-refractivity contribution is -0.120. The van der Waals surface area contributed by atoms with Crippen molar-refractivity contribution in [1.29, 1.82) is 0 Å². The fraction of sp³-hybridized carbons (Fsp3) is 0.462. The Hall–Kier alpha value is -1.38. The van der Waals surface area contributed by atoms with E-state index in [4.69, 9.17) is 5.73 Å². The highest BCUT2D eigenvalue weighted by atomic mass is 19.1. The van der Waals surface area contributed by atoms with Crippen LogP contribution in [-0.4, -0.2) is 5.78 Å². The van der Waals surface area contributed by atoms with E-state index in [2.05, 4.69) is 0 Å². The molecule has 1 fully saturated rings. The van der Waals surface area contributed by atoms with Gasteiger partial charge in [-0.15, -0.1) is 0 Å². The highest BCUT2D eigenvalue weighted by Gasteiger charge is 2.22. The van der Waals surface area contributed by atoms with E-state index in [1.807, 2.05) is 0 Å². The molecule has 0 heterocycles. The minimum absolute atomic E-state index is 0.0783. The monoisotopic (exact) mass is 221 g/mol. The number of hydrogen-bond donors (Lipinski definition) is 1. The summed E-state index contributed by atoms with van der Waals surface area (Å²) in [6.07, 6.45) is 4.66. The summed E-state index contributed by atoms with van der Waals surface area (Å²) in [6, 6.07) is 4.63. The maximum absolute atomic E-state index is 13.0. The smallest absolute Gasteiger partial charge is 0.146 e. The number of carbonyl (C=O) groups excluding carboxylic acids is 1. The lowest BCUT2D eigenvalue weighted by Crippen LogP contribution is -2.11. The average molecular weight is 221 g/mol. The van der Waals surface area contributed by atoms with Gasteiger partial charge in [-0.25, -0.2) is 4.39 Å². The van der Waals surface area contributed by atoms with E-state index < -0.39 is 5.82 Å². The number of nitrogen functional groups attached to an aromatic ring is 1. The van der Waals surface area contributed by atoms with Gasteiger partial charge < -0.3 is 5.73 Å². The quantitative estimate of drug-likeness (QED) is 0.585. The maximum atomic E-state index is 13.0. The lowest BCUT2D eigenvalue weighted by atomic mass is 9.90. The Balaban J connectivity index is 2.27. The van der Waals surface area contributed by atoms with Crippen LogP contribution in [0.1, 0.15) is 43.6 Å². The van der Waals surface area contributed by atoms with Gasteiger partial charge in [0.05, 0.1) is 5.69 Å². The summed E-state index contributed by atoms with van der Waals surface area (Å²) in [7, 11) is 0. The molecule has 16 heavy (non-hydrogen) atoms. The summed E-state index contributed by atoms with van der Waals surface area (Å²) >= 11 is 0. The number of ketones is 1. The second kappa shape index (κ2) is 4.64. The molecule has 0 amide bonds. The number of rotatable bonds is 1. The number of nitrogens with two attached hydrogens (primary N) is 1. The Morgan fingerprint density at radius 3 is 2.81 bits per heavy atom. The van der Waals surface area contributed by atoms with Crippen LogP contribution in [0, 0.1) is 5.82 Å². The first-order chi connectivity index (χ1) is 7.68. The lowest BCUT2D eigenvalue weighted by Gasteiger charge is -2.13. The van der Waals surface area contributed by atoms with Gasteiger partial charge in [0.15, 0.2) is 0 Å². The largest absolute Gasteiger partial charge is 0.396 e. The SMILES string of the molecule is Nc1cc(C2CCCCCC2=O)ccc1F. The van der Waals surface area contributed by atoms with Gasteiger partial charge in [-0.2, -0.15) is 0 Å². The van der Waals surface area contributed by atoms with Crippen molar-refractivity contribution in [1.82, 2.24) is 0 Å². The van der Waals surface area contributed by atoms with Crippen molar-refractivity contribution < 1.29 is 9.18 Å². The van der Waals surface area contributed by atoms with Gasteiger partial charge in [-0.1, -0.05) is 18.9 Å². The van der Waals surface area contributed by atoms with Gasteiger partial charge in [-0.05, 0) is 30.5 Å². The molecule has 1 unspecified atom stereocenters. The molecule has 0 aromatic heterocycles. The number of Topliss-reactive ketones (excluding diaryl/α,β-unsaturated/α-hetero) is 1. The van der Waals surface area contributed by atoms with Gasteiger partial charge in [0.2, 0.25) is 0 Å². The first-order valence-corrected chi connectivity index (χ1v) is 5.76. The van der Waals surface area contributed by atoms with Crippen molar-refractivity contribution in [2.24, 2.45) is 0 Å². The van der Waals surface area contributed by atoms with Gasteiger partial charge in [0, 0.05) is 12.3 Å². The van der Waals surface area contributed by atoms with E-state index in [0.29, 0.717) is 6.42 Å². The predicted molar refractivity (Wildman–Crippen MR) is 61.6 cm³/mol. The molecule has 0 radical (unpaired) electrons. The molecular formula is C13H16FNO. The second-order valence-electron chi connectivity index (χ2n) is 4.40. The van der Waals surface area contributed by atoms with Gasteiger partial charge in [0.1, 0.15) is 11.6 Å². The first kappa shape index (κ1) is 11.1. The van der Waals surface area contributed by atoms with Crippen LogP contribution in [0.3, 0.4) is 0 Å². The van der Waals surface area contributed by atoms with Crippen LogP contribution < -0.4 is 5.73 Å². The Morgan fingerprint density at radius 1 is 1.25 bits per heavy atom. The van der Waals surface area contributed by atoms with E-state index in [1.54, 1.807) is 12.1 Å². The Morgan fingerprint density at radius 2 is 2.06 bits per heavy atom. The minimum atomic E-state index is -0.412. The summed E-state index contributed by atoms with van der Waals surface area (Å²) in [5.41, 5.74) is 6.53. The van der Waals surface area contributed by atoms with Gasteiger partial charge in [0.25, 0.3) is 0 Å². The van der Waals surface area contributed by atoms with Crippen LogP contribution in [0.4, 0.5) is 10.1 Å². The van der Waals surface area contributed by atoms with Crippen LogP contribution in [0.15, 0.2) is 18.2 Å². The third kappa shape index (κ3) is 2.23.